The number of carbonyl (C=O) groups excluding carboxylic acids is 1. The molecule has 1 aromatic carbocycles. The minimum Gasteiger partial charge on any atom is -0.334 e. The Morgan fingerprint density at radius 1 is 1.33 bits per heavy atom. The summed E-state index contributed by atoms with van der Waals surface area (Å²) in [4.78, 5) is 15.2. The van der Waals surface area contributed by atoms with E-state index in [0.29, 0.717) is 13.1 Å². The summed E-state index contributed by atoms with van der Waals surface area (Å²) in [6, 6.07) is 3.98. The summed E-state index contributed by atoms with van der Waals surface area (Å²) < 4.78 is 27.4. The molecule has 3 rings (SSSR count). The average Bonchev–Trinajstić information content (AvgIpc) is 2.93. The van der Waals surface area contributed by atoms with Crippen LogP contribution in [-0.4, -0.2) is 17.4 Å². The Balaban J connectivity index is 1.86. The highest BCUT2D eigenvalue weighted by Crippen LogP contribution is 2.26. The van der Waals surface area contributed by atoms with Gasteiger partial charge in [0.1, 0.15) is 5.69 Å². The van der Waals surface area contributed by atoms with Gasteiger partial charge in [0.2, 0.25) is 0 Å². The van der Waals surface area contributed by atoms with Crippen molar-refractivity contribution in [3.8, 4) is 0 Å². The van der Waals surface area contributed by atoms with E-state index in [9.17, 15) is 13.6 Å². The van der Waals surface area contributed by atoms with Gasteiger partial charge in [0.25, 0.3) is 5.91 Å². The topological polar surface area (TPSA) is 58.4 Å². The number of benzene rings is 1. The maximum absolute atomic E-state index is 13.7. The molecule has 1 aliphatic heterocycles. The number of fused-ring (bicyclic) bond motifs is 1. The van der Waals surface area contributed by atoms with Crippen LogP contribution in [-0.2, 0) is 13.0 Å². The zero-order valence-corrected chi connectivity index (χ0v) is 11.8. The van der Waals surface area contributed by atoms with E-state index in [0.717, 1.165) is 24.1 Å². The van der Waals surface area contributed by atoms with Crippen LogP contribution in [0.15, 0.2) is 23.6 Å². The summed E-state index contributed by atoms with van der Waals surface area (Å²) >= 11 is 1.66. The van der Waals surface area contributed by atoms with E-state index in [1.807, 2.05) is 16.9 Å². The summed E-state index contributed by atoms with van der Waals surface area (Å²) in [5, 5.41) is 1.99. The molecule has 3 N–H and O–H groups in total. The van der Waals surface area contributed by atoms with Crippen LogP contribution < -0.4 is 11.3 Å². The Bertz CT molecular complexity index is 678. The van der Waals surface area contributed by atoms with E-state index in [1.165, 1.54) is 4.88 Å². The van der Waals surface area contributed by atoms with Gasteiger partial charge in [0.05, 0.1) is 0 Å². The number of nitrogens with one attached hydrogen (secondary N) is 1. The van der Waals surface area contributed by atoms with Crippen LogP contribution in [0.3, 0.4) is 0 Å². The molecule has 2 heterocycles. The number of hydrogen-bond donors (Lipinski definition) is 2. The second-order valence-electron chi connectivity index (χ2n) is 4.80. The van der Waals surface area contributed by atoms with Gasteiger partial charge in [-0.3, -0.25) is 10.6 Å². The molecule has 2 aromatic rings. The van der Waals surface area contributed by atoms with Crippen LogP contribution in [0, 0.1) is 11.6 Å². The van der Waals surface area contributed by atoms with Gasteiger partial charge in [-0.1, -0.05) is 0 Å². The van der Waals surface area contributed by atoms with Crippen molar-refractivity contribution in [2.45, 2.75) is 13.0 Å². The number of carbonyl (C=O) groups is 1. The predicted octanol–water partition coefficient (Wildman–Crippen LogP) is 2.51. The number of nitrogen functional groups attached to an aromatic ring is 1. The third-order valence-electron chi connectivity index (χ3n) is 3.53. The summed E-state index contributed by atoms with van der Waals surface area (Å²) in [5.74, 6) is 2.90. The molecule has 0 bridgehead atoms. The molecule has 0 spiro atoms. The standard InChI is InChI=1S/C14H13F2N3OS/c15-10-5-9(6-11(16)13(10)18-17)14(20)19-3-1-12-8(7-19)2-4-21-12/h2,4-6,18H,1,3,7,17H2. The molecule has 110 valence electrons. The molecular weight excluding hydrogens is 296 g/mol. The van der Waals surface area contributed by atoms with Crippen LogP contribution in [0.5, 0.6) is 0 Å². The minimum absolute atomic E-state index is 0.0114. The predicted molar refractivity (Wildman–Crippen MR) is 76.9 cm³/mol. The van der Waals surface area contributed by atoms with Gasteiger partial charge in [-0.25, -0.2) is 8.78 Å². The van der Waals surface area contributed by atoms with Crippen molar-refractivity contribution in [1.82, 2.24) is 4.90 Å². The summed E-state index contributed by atoms with van der Waals surface area (Å²) in [6.07, 6.45) is 0.770. The lowest BCUT2D eigenvalue weighted by Gasteiger charge is -2.27. The lowest BCUT2D eigenvalue weighted by atomic mass is 10.1. The first-order chi connectivity index (χ1) is 10.1. The van der Waals surface area contributed by atoms with Crippen molar-refractivity contribution in [2.75, 3.05) is 12.0 Å². The normalized spacial score (nSPS) is 14.0. The molecule has 0 aliphatic carbocycles. The zero-order chi connectivity index (χ0) is 15.0. The fourth-order valence-corrected chi connectivity index (χ4v) is 3.33. The largest absolute Gasteiger partial charge is 0.334 e. The maximum atomic E-state index is 13.7. The van der Waals surface area contributed by atoms with Crippen LogP contribution in [0.4, 0.5) is 14.5 Å². The van der Waals surface area contributed by atoms with Gasteiger partial charge < -0.3 is 10.3 Å². The molecule has 0 saturated heterocycles. The number of hydrazine groups is 1. The van der Waals surface area contributed by atoms with E-state index in [-0.39, 0.29) is 11.5 Å². The van der Waals surface area contributed by atoms with Gasteiger partial charge in [-0.15, -0.1) is 11.3 Å². The second-order valence-corrected chi connectivity index (χ2v) is 5.81. The monoisotopic (exact) mass is 309 g/mol. The second kappa shape index (κ2) is 5.42. The summed E-state index contributed by atoms with van der Waals surface area (Å²) in [5.41, 5.74) is 2.59. The Labute approximate surface area is 124 Å². The fraction of sp³-hybridized carbons (Fsp3) is 0.214. The highest BCUT2D eigenvalue weighted by Gasteiger charge is 2.24. The van der Waals surface area contributed by atoms with Crippen molar-refractivity contribution >= 4 is 22.9 Å². The minimum atomic E-state index is -0.880. The number of amides is 1. The SMILES string of the molecule is NNc1c(F)cc(C(=O)N2CCc3sccc3C2)cc1F. The number of rotatable bonds is 2. The van der Waals surface area contributed by atoms with E-state index in [2.05, 4.69) is 0 Å². The van der Waals surface area contributed by atoms with Crippen LogP contribution in [0.25, 0.3) is 0 Å². The van der Waals surface area contributed by atoms with Gasteiger partial charge in [-0.2, -0.15) is 0 Å². The number of thiophene rings is 1. The first kappa shape index (κ1) is 14.0. The molecule has 0 unspecified atom stereocenters. The number of anilines is 1. The van der Waals surface area contributed by atoms with Gasteiger partial charge in [0, 0.05) is 23.5 Å². The highest BCUT2D eigenvalue weighted by atomic mass is 32.1. The first-order valence-corrected chi connectivity index (χ1v) is 7.28. The lowest BCUT2D eigenvalue weighted by Crippen LogP contribution is -2.35. The third-order valence-corrected chi connectivity index (χ3v) is 4.55. The molecule has 0 atom stereocenters. The number of nitrogens with zero attached hydrogens (tertiary/aromatic N) is 1. The Morgan fingerprint density at radius 2 is 2.05 bits per heavy atom. The summed E-state index contributed by atoms with van der Waals surface area (Å²) in [6.45, 7) is 1.02. The lowest BCUT2D eigenvalue weighted by molar-refractivity contribution is 0.0735. The molecular formula is C14H13F2N3OS. The fourth-order valence-electron chi connectivity index (χ4n) is 2.44. The van der Waals surface area contributed by atoms with E-state index in [1.54, 1.807) is 16.2 Å². The Morgan fingerprint density at radius 3 is 2.71 bits per heavy atom. The molecule has 4 nitrogen and oxygen atoms in total. The molecule has 1 amide bonds. The first-order valence-electron chi connectivity index (χ1n) is 6.40. The van der Waals surface area contributed by atoms with Crippen molar-refractivity contribution in [3.63, 3.8) is 0 Å². The smallest absolute Gasteiger partial charge is 0.254 e. The molecule has 21 heavy (non-hydrogen) atoms. The Kier molecular flexibility index (Phi) is 3.60. The summed E-state index contributed by atoms with van der Waals surface area (Å²) in [7, 11) is 0. The van der Waals surface area contributed by atoms with Crippen molar-refractivity contribution in [3.05, 3.63) is 51.2 Å². The van der Waals surface area contributed by atoms with Crippen LogP contribution in [0.2, 0.25) is 0 Å². The van der Waals surface area contributed by atoms with E-state index in [4.69, 9.17) is 5.84 Å². The Hall–Kier alpha value is -1.99. The van der Waals surface area contributed by atoms with Crippen molar-refractivity contribution in [2.24, 2.45) is 5.84 Å². The molecule has 1 aromatic heterocycles. The number of halogens is 2. The zero-order valence-electron chi connectivity index (χ0n) is 11.0. The quantitative estimate of drug-likeness (QED) is 0.662. The third kappa shape index (κ3) is 2.50. The molecule has 1 aliphatic rings. The molecule has 0 radical (unpaired) electrons. The molecule has 7 heteroatoms. The van der Waals surface area contributed by atoms with Gasteiger partial charge in [-0.05, 0) is 35.6 Å². The van der Waals surface area contributed by atoms with Crippen LogP contribution >= 0.6 is 11.3 Å². The number of nitrogens with two attached hydrogens (primary N) is 1. The highest BCUT2D eigenvalue weighted by molar-refractivity contribution is 7.10. The van der Waals surface area contributed by atoms with Crippen molar-refractivity contribution in [1.29, 1.82) is 0 Å². The van der Waals surface area contributed by atoms with Gasteiger partial charge in [0.15, 0.2) is 11.6 Å². The van der Waals surface area contributed by atoms with Crippen LogP contribution in [0.1, 0.15) is 20.8 Å². The van der Waals surface area contributed by atoms with E-state index >= 15 is 0 Å². The maximum Gasteiger partial charge on any atom is 0.254 e. The molecule has 0 saturated carbocycles. The van der Waals surface area contributed by atoms with Gasteiger partial charge >= 0.3 is 0 Å². The van der Waals surface area contributed by atoms with E-state index < -0.39 is 17.3 Å². The average molecular weight is 309 g/mol. The van der Waals surface area contributed by atoms with Crippen molar-refractivity contribution < 1.29 is 13.6 Å². The number of hydrogen-bond acceptors (Lipinski definition) is 4. The molecule has 0 fully saturated rings.